The smallest absolute Gasteiger partial charge is 0.143 e. The highest BCUT2D eigenvalue weighted by Crippen LogP contribution is 2.54. The molecule has 0 amide bonds. The van der Waals surface area contributed by atoms with Crippen LogP contribution < -0.4 is 0 Å². The number of nitrogens with zero attached hydrogens (tertiary/aromatic N) is 3. The molecule has 4 heteroatoms. The first-order valence-electron chi connectivity index (χ1n) is 7.03. The molecule has 0 radical (unpaired) electrons. The first-order chi connectivity index (χ1) is 8.63. The molecule has 0 saturated heterocycles. The third-order valence-corrected chi connectivity index (χ3v) is 4.27. The molecule has 2 atom stereocenters. The fourth-order valence-electron chi connectivity index (χ4n) is 3.20. The lowest BCUT2D eigenvalue weighted by atomic mass is 9.96. The number of Topliss-reactive ketones (excluding diaryl/α,β-unsaturated/α-hetero) is 1. The maximum absolute atomic E-state index is 12.2. The van der Waals surface area contributed by atoms with E-state index in [9.17, 15) is 4.79 Å². The van der Waals surface area contributed by atoms with E-state index < -0.39 is 0 Å². The molecule has 2 unspecified atom stereocenters. The van der Waals surface area contributed by atoms with Gasteiger partial charge < -0.3 is 0 Å². The van der Waals surface area contributed by atoms with Crippen LogP contribution in [-0.2, 0) is 17.8 Å². The molecule has 0 bridgehead atoms. The minimum absolute atomic E-state index is 0.304. The average Bonchev–Trinajstić information content (AvgIpc) is 2.73. The number of rotatable bonds is 5. The topological polar surface area (TPSA) is 47.8 Å². The summed E-state index contributed by atoms with van der Waals surface area (Å²) >= 11 is 0. The summed E-state index contributed by atoms with van der Waals surface area (Å²) in [5, 5.41) is 4.21. The van der Waals surface area contributed by atoms with Crippen molar-refractivity contribution in [1.29, 1.82) is 0 Å². The second-order valence-electron chi connectivity index (χ2n) is 6.32. The van der Waals surface area contributed by atoms with Crippen molar-refractivity contribution in [2.45, 2.75) is 46.1 Å². The van der Waals surface area contributed by atoms with Gasteiger partial charge in [0.15, 0.2) is 0 Å². The van der Waals surface area contributed by atoms with E-state index in [1.54, 1.807) is 6.33 Å². The summed E-state index contributed by atoms with van der Waals surface area (Å²) in [5.41, 5.74) is 0. The minimum Gasteiger partial charge on any atom is -0.299 e. The van der Waals surface area contributed by atoms with Crippen LogP contribution in [0.1, 0.15) is 38.9 Å². The Balaban J connectivity index is 1.61. The molecule has 2 fully saturated rings. The van der Waals surface area contributed by atoms with Crippen LogP contribution in [0, 0.1) is 23.7 Å². The number of aromatic nitrogens is 3. The van der Waals surface area contributed by atoms with E-state index in [0.29, 0.717) is 24.0 Å². The Bertz CT molecular complexity index is 442. The van der Waals surface area contributed by atoms with Gasteiger partial charge in [-0.1, -0.05) is 13.8 Å². The van der Waals surface area contributed by atoms with Crippen molar-refractivity contribution in [3.8, 4) is 0 Å². The number of ketones is 1. The Morgan fingerprint density at radius 3 is 2.78 bits per heavy atom. The lowest BCUT2D eigenvalue weighted by molar-refractivity contribution is -0.122. The van der Waals surface area contributed by atoms with Crippen LogP contribution >= 0.6 is 0 Å². The van der Waals surface area contributed by atoms with Gasteiger partial charge in [0, 0.05) is 12.5 Å². The Labute approximate surface area is 108 Å². The number of carbonyl (C=O) groups is 1. The molecular formula is C14H21N3O. The number of hydrogen-bond acceptors (Lipinski definition) is 3. The standard InChI is InChI=1S/C14H21N3O/c1-9(2)7-17-14(15-8-16-17)6-13(18)12-4-10-3-11(10)5-12/h8-12H,3-7H2,1-2H3. The van der Waals surface area contributed by atoms with Crippen LogP contribution in [0.2, 0.25) is 0 Å². The molecule has 0 N–H and O–H groups in total. The van der Waals surface area contributed by atoms with Crippen LogP contribution in [0.15, 0.2) is 6.33 Å². The summed E-state index contributed by atoms with van der Waals surface area (Å²) in [6.45, 7) is 5.15. The number of carbonyl (C=O) groups excluding carboxylic acids is 1. The van der Waals surface area contributed by atoms with Gasteiger partial charge in [-0.2, -0.15) is 5.10 Å². The summed E-state index contributed by atoms with van der Waals surface area (Å²) in [7, 11) is 0. The predicted molar refractivity (Wildman–Crippen MR) is 67.9 cm³/mol. The molecule has 0 aliphatic heterocycles. The van der Waals surface area contributed by atoms with E-state index in [-0.39, 0.29) is 0 Å². The van der Waals surface area contributed by atoms with E-state index in [2.05, 4.69) is 23.9 Å². The Morgan fingerprint density at radius 2 is 2.11 bits per heavy atom. The van der Waals surface area contributed by atoms with E-state index in [4.69, 9.17) is 0 Å². The van der Waals surface area contributed by atoms with Gasteiger partial charge in [-0.25, -0.2) is 9.67 Å². The molecule has 1 aromatic rings. The first kappa shape index (κ1) is 11.9. The molecule has 1 heterocycles. The highest BCUT2D eigenvalue weighted by atomic mass is 16.1. The van der Waals surface area contributed by atoms with Gasteiger partial charge in [0.05, 0.1) is 6.42 Å². The van der Waals surface area contributed by atoms with Gasteiger partial charge in [0.25, 0.3) is 0 Å². The van der Waals surface area contributed by atoms with Crippen molar-refractivity contribution in [3.05, 3.63) is 12.2 Å². The average molecular weight is 247 g/mol. The fraction of sp³-hybridized carbons (Fsp3) is 0.786. The second kappa shape index (κ2) is 4.48. The Kier molecular flexibility index (Phi) is 2.96. The summed E-state index contributed by atoms with van der Waals surface area (Å²) in [6.07, 6.45) is 5.66. The SMILES string of the molecule is CC(C)Cn1ncnc1CC(=O)C1CC2CC2C1. The van der Waals surface area contributed by atoms with Gasteiger partial charge in [0.1, 0.15) is 17.9 Å². The molecule has 2 aliphatic carbocycles. The zero-order chi connectivity index (χ0) is 12.7. The highest BCUT2D eigenvalue weighted by Gasteiger charge is 2.47. The summed E-state index contributed by atoms with van der Waals surface area (Å²) in [4.78, 5) is 16.5. The lowest BCUT2D eigenvalue weighted by Crippen LogP contribution is -2.19. The van der Waals surface area contributed by atoms with Crippen molar-refractivity contribution in [1.82, 2.24) is 14.8 Å². The monoisotopic (exact) mass is 247 g/mol. The van der Waals surface area contributed by atoms with E-state index in [0.717, 1.165) is 37.0 Å². The van der Waals surface area contributed by atoms with Crippen LogP contribution in [0.25, 0.3) is 0 Å². The van der Waals surface area contributed by atoms with Crippen LogP contribution in [-0.4, -0.2) is 20.5 Å². The van der Waals surface area contributed by atoms with Gasteiger partial charge in [0.2, 0.25) is 0 Å². The summed E-state index contributed by atoms with van der Waals surface area (Å²) in [5.74, 6) is 3.78. The van der Waals surface area contributed by atoms with Gasteiger partial charge in [-0.05, 0) is 37.0 Å². The quantitative estimate of drug-likeness (QED) is 0.800. The van der Waals surface area contributed by atoms with E-state index in [1.165, 1.54) is 6.42 Å². The molecule has 2 saturated carbocycles. The van der Waals surface area contributed by atoms with Gasteiger partial charge in [-0.15, -0.1) is 0 Å². The summed E-state index contributed by atoms with van der Waals surface area (Å²) in [6, 6.07) is 0. The maximum atomic E-state index is 12.2. The van der Waals surface area contributed by atoms with E-state index >= 15 is 0 Å². The van der Waals surface area contributed by atoms with Crippen LogP contribution in [0.3, 0.4) is 0 Å². The van der Waals surface area contributed by atoms with Crippen molar-refractivity contribution in [2.75, 3.05) is 0 Å². The fourth-order valence-corrected chi connectivity index (χ4v) is 3.20. The van der Waals surface area contributed by atoms with Gasteiger partial charge in [-0.3, -0.25) is 4.79 Å². The first-order valence-corrected chi connectivity index (χ1v) is 7.03. The summed E-state index contributed by atoms with van der Waals surface area (Å²) < 4.78 is 1.89. The molecule has 98 valence electrons. The number of fused-ring (bicyclic) bond motifs is 1. The van der Waals surface area contributed by atoms with Crippen molar-refractivity contribution >= 4 is 5.78 Å². The third-order valence-electron chi connectivity index (χ3n) is 4.27. The molecule has 1 aromatic heterocycles. The second-order valence-corrected chi connectivity index (χ2v) is 6.32. The van der Waals surface area contributed by atoms with Crippen molar-refractivity contribution in [2.24, 2.45) is 23.7 Å². The molecule has 0 spiro atoms. The van der Waals surface area contributed by atoms with Gasteiger partial charge >= 0.3 is 0 Å². The molecule has 0 aromatic carbocycles. The Morgan fingerprint density at radius 1 is 1.39 bits per heavy atom. The molecule has 4 nitrogen and oxygen atoms in total. The molecule has 18 heavy (non-hydrogen) atoms. The highest BCUT2D eigenvalue weighted by molar-refractivity contribution is 5.83. The molecule has 3 rings (SSSR count). The largest absolute Gasteiger partial charge is 0.299 e. The maximum Gasteiger partial charge on any atom is 0.143 e. The Hall–Kier alpha value is -1.19. The van der Waals surface area contributed by atoms with Crippen molar-refractivity contribution < 1.29 is 4.79 Å². The van der Waals surface area contributed by atoms with E-state index in [1.807, 2.05) is 4.68 Å². The molecular weight excluding hydrogens is 226 g/mol. The van der Waals surface area contributed by atoms with Crippen molar-refractivity contribution in [3.63, 3.8) is 0 Å². The number of hydrogen-bond donors (Lipinski definition) is 0. The van der Waals surface area contributed by atoms with Crippen LogP contribution in [0.5, 0.6) is 0 Å². The minimum atomic E-state index is 0.304. The third kappa shape index (κ3) is 2.33. The normalized spacial score (nSPS) is 29.6. The zero-order valence-electron chi connectivity index (χ0n) is 11.2. The zero-order valence-corrected chi connectivity index (χ0v) is 11.2. The predicted octanol–water partition coefficient (Wildman–Crippen LogP) is 2.09. The lowest BCUT2D eigenvalue weighted by Gasteiger charge is -2.11. The van der Waals surface area contributed by atoms with Crippen LogP contribution in [0.4, 0.5) is 0 Å². The molecule has 2 aliphatic rings.